The lowest BCUT2D eigenvalue weighted by Crippen LogP contribution is -2.50. The van der Waals surface area contributed by atoms with Gasteiger partial charge in [-0.05, 0) is 50.2 Å². The quantitative estimate of drug-likeness (QED) is 0.803. The number of benzene rings is 1. The van der Waals surface area contributed by atoms with Crippen LogP contribution in [0.4, 0.5) is 5.69 Å². The summed E-state index contributed by atoms with van der Waals surface area (Å²) in [5.74, 6) is 0.254. The molecule has 0 saturated carbocycles. The van der Waals surface area contributed by atoms with Crippen LogP contribution in [0.25, 0.3) is 0 Å². The molecule has 6 nitrogen and oxygen atoms in total. The molecule has 144 valence electrons. The number of para-hydroxylation sites is 1. The first-order chi connectivity index (χ1) is 13.0. The van der Waals surface area contributed by atoms with Crippen LogP contribution in [-0.2, 0) is 9.59 Å². The fraction of sp³-hybridized carbons (Fsp3) is 0.571. The molecular weight excluding hydrogens is 342 g/mol. The molecule has 2 fully saturated rings. The Morgan fingerprint density at radius 2 is 1.93 bits per heavy atom. The van der Waals surface area contributed by atoms with E-state index < -0.39 is 6.04 Å². The number of carbonyl (C=O) groups excluding carboxylic acids is 3. The second-order valence-electron chi connectivity index (χ2n) is 8.14. The lowest BCUT2D eigenvalue weighted by atomic mass is 10.00. The van der Waals surface area contributed by atoms with Gasteiger partial charge in [0.05, 0.1) is 11.3 Å². The van der Waals surface area contributed by atoms with Crippen LogP contribution in [0.15, 0.2) is 18.2 Å². The Kier molecular flexibility index (Phi) is 4.66. The van der Waals surface area contributed by atoms with E-state index in [1.165, 1.54) is 0 Å². The lowest BCUT2D eigenvalue weighted by Gasteiger charge is -2.33. The second kappa shape index (κ2) is 6.98. The minimum absolute atomic E-state index is 0.0149. The normalized spacial score (nSPS) is 25.3. The van der Waals surface area contributed by atoms with Gasteiger partial charge in [-0.1, -0.05) is 19.1 Å². The van der Waals surface area contributed by atoms with Crippen LogP contribution in [0.1, 0.15) is 48.5 Å². The van der Waals surface area contributed by atoms with Crippen molar-refractivity contribution in [3.05, 3.63) is 29.3 Å². The summed E-state index contributed by atoms with van der Waals surface area (Å²) in [7, 11) is 0. The van der Waals surface area contributed by atoms with E-state index in [0.29, 0.717) is 30.1 Å². The summed E-state index contributed by atoms with van der Waals surface area (Å²) in [5.41, 5.74) is 2.00. The first-order valence-electron chi connectivity index (χ1n) is 9.97. The number of carbonyl (C=O) groups is 3. The first-order valence-corrected chi connectivity index (χ1v) is 9.97. The molecule has 3 aliphatic heterocycles. The highest BCUT2D eigenvalue weighted by molar-refractivity contribution is 6.13. The fourth-order valence-electron chi connectivity index (χ4n) is 4.71. The Labute approximate surface area is 160 Å². The minimum atomic E-state index is -0.447. The molecule has 0 aromatic heterocycles. The number of fused-ring (bicyclic) bond motifs is 2. The number of likely N-dealkylation sites (tertiary alicyclic amines) is 1. The second-order valence-corrected chi connectivity index (χ2v) is 8.14. The standard InChI is InChI=1S/C21H27N3O3/c1-14-6-4-10-22(12-14)18(25)13-24-19-15(2)7-3-8-16(19)20(26)23-11-5-9-17(23)21(24)27/h3,7-8,14,17H,4-6,9-13H2,1-2H3/t14-,17-/m0/s1. The molecule has 4 rings (SSSR count). The number of hydrogen-bond acceptors (Lipinski definition) is 3. The summed E-state index contributed by atoms with van der Waals surface area (Å²) in [6, 6.07) is 5.08. The maximum absolute atomic E-state index is 13.3. The van der Waals surface area contributed by atoms with Crippen molar-refractivity contribution < 1.29 is 14.4 Å². The average molecular weight is 369 g/mol. The van der Waals surface area contributed by atoms with E-state index in [1.54, 1.807) is 15.9 Å². The van der Waals surface area contributed by atoms with Crippen molar-refractivity contribution in [3.63, 3.8) is 0 Å². The van der Waals surface area contributed by atoms with Crippen LogP contribution in [-0.4, -0.2) is 59.7 Å². The van der Waals surface area contributed by atoms with Gasteiger partial charge in [0, 0.05) is 19.6 Å². The fourth-order valence-corrected chi connectivity index (χ4v) is 4.71. The summed E-state index contributed by atoms with van der Waals surface area (Å²) in [4.78, 5) is 44.5. The average Bonchev–Trinajstić information content (AvgIpc) is 3.12. The highest BCUT2D eigenvalue weighted by Crippen LogP contribution is 2.34. The van der Waals surface area contributed by atoms with Crippen LogP contribution in [0.5, 0.6) is 0 Å². The maximum atomic E-state index is 13.3. The van der Waals surface area contributed by atoms with Crippen molar-refractivity contribution in [2.75, 3.05) is 31.1 Å². The predicted octanol–water partition coefficient (Wildman–Crippen LogP) is 2.20. The van der Waals surface area contributed by atoms with Crippen LogP contribution >= 0.6 is 0 Å². The van der Waals surface area contributed by atoms with E-state index >= 15 is 0 Å². The SMILES string of the molecule is Cc1cccc2c1N(CC(=O)N1CCC[C@H](C)C1)C(=O)[C@@H]1CCCN1C2=O. The molecular formula is C21H27N3O3. The number of rotatable bonds is 2. The molecule has 0 aliphatic carbocycles. The van der Waals surface area contributed by atoms with E-state index in [4.69, 9.17) is 0 Å². The summed E-state index contributed by atoms with van der Waals surface area (Å²) in [5, 5.41) is 0. The molecule has 3 heterocycles. The van der Waals surface area contributed by atoms with Crippen molar-refractivity contribution in [2.45, 2.75) is 45.6 Å². The van der Waals surface area contributed by atoms with Crippen molar-refractivity contribution in [1.82, 2.24) is 9.80 Å². The Morgan fingerprint density at radius 1 is 1.15 bits per heavy atom. The number of hydrogen-bond donors (Lipinski definition) is 0. The molecule has 6 heteroatoms. The first kappa shape index (κ1) is 18.0. The van der Waals surface area contributed by atoms with Gasteiger partial charge in [-0.15, -0.1) is 0 Å². The molecule has 3 aliphatic rings. The van der Waals surface area contributed by atoms with E-state index in [2.05, 4.69) is 6.92 Å². The van der Waals surface area contributed by atoms with Gasteiger partial charge in [0.2, 0.25) is 11.8 Å². The zero-order chi connectivity index (χ0) is 19.1. The third-order valence-electron chi connectivity index (χ3n) is 6.11. The van der Waals surface area contributed by atoms with Crippen LogP contribution in [0, 0.1) is 12.8 Å². The number of amides is 3. The molecule has 2 atom stereocenters. The van der Waals surface area contributed by atoms with Gasteiger partial charge >= 0.3 is 0 Å². The molecule has 0 bridgehead atoms. The zero-order valence-electron chi connectivity index (χ0n) is 16.1. The van der Waals surface area contributed by atoms with Gasteiger partial charge in [-0.3, -0.25) is 14.4 Å². The lowest BCUT2D eigenvalue weighted by molar-refractivity contribution is -0.133. The van der Waals surface area contributed by atoms with Gasteiger partial charge in [0.25, 0.3) is 5.91 Å². The Bertz CT molecular complexity index is 791. The minimum Gasteiger partial charge on any atom is -0.341 e. The molecule has 2 saturated heterocycles. The van der Waals surface area contributed by atoms with Crippen LogP contribution in [0.2, 0.25) is 0 Å². The Morgan fingerprint density at radius 3 is 2.70 bits per heavy atom. The molecule has 0 unspecified atom stereocenters. The number of aryl methyl sites for hydroxylation is 1. The Balaban J connectivity index is 1.69. The number of anilines is 1. The summed E-state index contributed by atoms with van der Waals surface area (Å²) in [6.07, 6.45) is 3.64. The van der Waals surface area contributed by atoms with Crippen molar-refractivity contribution in [3.8, 4) is 0 Å². The molecule has 0 spiro atoms. The zero-order valence-corrected chi connectivity index (χ0v) is 16.1. The molecule has 3 amide bonds. The summed E-state index contributed by atoms with van der Waals surface area (Å²) in [6.45, 7) is 6.17. The molecule has 0 N–H and O–H groups in total. The van der Waals surface area contributed by atoms with Gasteiger partial charge in [-0.2, -0.15) is 0 Å². The van der Waals surface area contributed by atoms with Crippen molar-refractivity contribution >= 4 is 23.4 Å². The van der Waals surface area contributed by atoms with Gasteiger partial charge in [0.1, 0.15) is 12.6 Å². The molecule has 27 heavy (non-hydrogen) atoms. The smallest absolute Gasteiger partial charge is 0.256 e. The summed E-state index contributed by atoms with van der Waals surface area (Å²) >= 11 is 0. The Hall–Kier alpha value is -2.37. The van der Waals surface area contributed by atoms with Gasteiger partial charge < -0.3 is 14.7 Å². The van der Waals surface area contributed by atoms with Crippen LogP contribution in [0.3, 0.4) is 0 Å². The largest absolute Gasteiger partial charge is 0.341 e. The van der Waals surface area contributed by atoms with Crippen LogP contribution < -0.4 is 4.90 Å². The number of piperidine rings is 1. The monoisotopic (exact) mass is 369 g/mol. The summed E-state index contributed by atoms with van der Waals surface area (Å²) < 4.78 is 0. The molecule has 1 aromatic rings. The van der Waals surface area contributed by atoms with Crippen molar-refractivity contribution in [1.29, 1.82) is 0 Å². The highest BCUT2D eigenvalue weighted by atomic mass is 16.2. The maximum Gasteiger partial charge on any atom is 0.256 e. The molecule has 0 radical (unpaired) electrons. The third-order valence-corrected chi connectivity index (χ3v) is 6.11. The van der Waals surface area contributed by atoms with Crippen molar-refractivity contribution in [2.24, 2.45) is 5.92 Å². The number of nitrogens with zero attached hydrogens (tertiary/aromatic N) is 3. The van der Waals surface area contributed by atoms with E-state index in [1.807, 2.05) is 24.0 Å². The van der Waals surface area contributed by atoms with Gasteiger partial charge in [0.15, 0.2) is 0 Å². The third kappa shape index (κ3) is 3.11. The molecule has 1 aromatic carbocycles. The van der Waals surface area contributed by atoms with E-state index in [9.17, 15) is 14.4 Å². The van der Waals surface area contributed by atoms with E-state index in [0.717, 1.165) is 37.9 Å². The topological polar surface area (TPSA) is 60.9 Å². The van der Waals surface area contributed by atoms with Gasteiger partial charge in [-0.25, -0.2) is 0 Å². The van der Waals surface area contributed by atoms with E-state index in [-0.39, 0.29) is 24.3 Å². The highest BCUT2D eigenvalue weighted by Gasteiger charge is 2.43. The predicted molar refractivity (Wildman–Crippen MR) is 103 cm³/mol.